The first-order chi connectivity index (χ1) is 13.6. The topological polar surface area (TPSA) is 91.8 Å². The van der Waals surface area contributed by atoms with Crippen LogP contribution < -0.4 is 5.32 Å². The monoisotopic (exact) mass is 435 g/mol. The highest BCUT2D eigenvalue weighted by Gasteiger charge is 2.42. The zero-order valence-corrected chi connectivity index (χ0v) is 16.8. The molecule has 0 bridgehead atoms. The van der Waals surface area contributed by atoms with Crippen molar-refractivity contribution in [3.8, 4) is 0 Å². The Morgan fingerprint density at radius 1 is 1.38 bits per heavy atom. The summed E-state index contributed by atoms with van der Waals surface area (Å²) in [6.07, 6.45) is -0.787. The zero-order valence-electron chi connectivity index (χ0n) is 15.9. The van der Waals surface area contributed by atoms with Gasteiger partial charge in [-0.3, -0.25) is 9.69 Å². The van der Waals surface area contributed by atoms with Gasteiger partial charge in [-0.15, -0.1) is 11.3 Å². The molecule has 3 heterocycles. The number of aromatic nitrogens is 1. The minimum Gasteiger partial charge on any atom is -0.475 e. The Morgan fingerprint density at radius 2 is 2.07 bits per heavy atom. The molecule has 2 aliphatic heterocycles. The molecule has 2 N–H and O–H groups in total. The number of ether oxygens (including phenoxy) is 1. The van der Waals surface area contributed by atoms with E-state index in [1.165, 1.54) is 4.88 Å². The summed E-state index contributed by atoms with van der Waals surface area (Å²) in [4.78, 5) is 29.2. The Hall–Kier alpha value is -1.72. The number of thiazole rings is 1. The average molecular weight is 435 g/mol. The van der Waals surface area contributed by atoms with Crippen molar-refractivity contribution >= 4 is 23.2 Å². The molecular formula is C18H24F3N3O4S. The molecule has 0 aromatic carbocycles. The van der Waals surface area contributed by atoms with Gasteiger partial charge >= 0.3 is 12.1 Å². The van der Waals surface area contributed by atoms with Crippen LogP contribution in [0.5, 0.6) is 0 Å². The molecule has 1 amide bonds. The predicted molar refractivity (Wildman–Crippen MR) is 98.4 cm³/mol. The number of nitrogens with zero attached hydrogens (tertiary/aromatic N) is 2. The van der Waals surface area contributed by atoms with Crippen molar-refractivity contribution in [2.75, 3.05) is 13.1 Å². The van der Waals surface area contributed by atoms with E-state index in [0.29, 0.717) is 12.0 Å². The minimum atomic E-state index is -5.08. The lowest BCUT2D eigenvalue weighted by atomic mass is 9.91. The number of fused-ring (bicyclic) bond motifs is 1. The fourth-order valence-electron chi connectivity index (χ4n) is 3.51. The summed E-state index contributed by atoms with van der Waals surface area (Å²) in [5.74, 6) is -2.09. The van der Waals surface area contributed by atoms with Gasteiger partial charge in [-0.05, 0) is 45.1 Å². The van der Waals surface area contributed by atoms with Gasteiger partial charge in [-0.1, -0.05) is 0 Å². The number of aliphatic carboxylic acids is 1. The molecule has 11 heteroatoms. The molecule has 1 aromatic heterocycles. The second kappa shape index (κ2) is 8.97. The van der Waals surface area contributed by atoms with Crippen molar-refractivity contribution in [1.82, 2.24) is 15.2 Å². The smallest absolute Gasteiger partial charge is 0.475 e. The molecule has 3 aliphatic rings. The third kappa shape index (κ3) is 6.13. The van der Waals surface area contributed by atoms with E-state index in [0.717, 1.165) is 51.0 Å². The number of rotatable bonds is 4. The van der Waals surface area contributed by atoms with E-state index in [2.05, 4.69) is 22.1 Å². The molecule has 2 saturated heterocycles. The van der Waals surface area contributed by atoms with Gasteiger partial charge in [0.15, 0.2) is 0 Å². The Morgan fingerprint density at radius 3 is 2.62 bits per heavy atom. The number of hydrogen-bond acceptors (Lipinski definition) is 6. The van der Waals surface area contributed by atoms with Crippen LogP contribution in [-0.2, 0) is 20.9 Å². The summed E-state index contributed by atoms with van der Waals surface area (Å²) in [5.41, 5.74) is 3.06. The number of alkyl halides is 3. The lowest BCUT2D eigenvalue weighted by Gasteiger charge is -2.33. The van der Waals surface area contributed by atoms with E-state index in [1.54, 1.807) is 11.3 Å². The maximum atomic E-state index is 12.2. The average Bonchev–Trinajstić information content (AvgIpc) is 3.20. The highest BCUT2D eigenvalue weighted by molar-refractivity contribution is 7.09. The molecule has 1 aliphatic carbocycles. The van der Waals surface area contributed by atoms with Gasteiger partial charge in [-0.25, -0.2) is 9.78 Å². The SMILES string of the molecule is Cc1ncsc1CN1CC[C@H]2C[C@H](C(=O)NC3CC3)O[C@H]2C1.O=C(O)C(F)(F)F. The maximum absolute atomic E-state index is 12.2. The standard InChI is InChI=1S/C16H23N3O2S.C2HF3O2/c1-10-15(22-9-17-10)8-19-5-4-11-6-13(21-14(11)7-19)16(20)18-12-2-3-12;3-2(4,5)1(6)7/h9,11-14H,2-8H2,1H3,(H,18,20);(H,6,7)/t11-,13+,14-;/m0./s1. The molecule has 3 atom stereocenters. The Bertz CT molecular complexity index is 738. The summed E-state index contributed by atoms with van der Waals surface area (Å²) in [7, 11) is 0. The van der Waals surface area contributed by atoms with Crippen LogP contribution in [0.4, 0.5) is 13.2 Å². The van der Waals surface area contributed by atoms with E-state index in [9.17, 15) is 18.0 Å². The van der Waals surface area contributed by atoms with Crippen LogP contribution in [0.15, 0.2) is 5.51 Å². The summed E-state index contributed by atoms with van der Waals surface area (Å²) >= 11 is 1.73. The van der Waals surface area contributed by atoms with Gasteiger partial charge in [0, 0.05) is 24.0 Å². The highest BCUT2D eigenvalue weighted by atomic mass is 32.1. The molecule has 0 radical (unpaired) electrons. The number of amides is 1. The first-order valence-electron chi connectivity index (χ1n) is 9.50. The zero-order chi connectivity index (χ0) is 21.2. The van der Waals surface area contributed by atoms with E-state index < -0.39 is 12.1 Å². The largest absolute Gasteiger partial charge is 0.490 e. The first kappa shape index (κ1) is 22.0. The van der Waals surface area contributed by atoms with Gasteiger partial charge in [-0.2, -0.15) is 13.2 Å². The molecule has 0 unspecified atom stereocenters. The second-order valence-electron chi connectivity index (χ2n) is 7.63. The first-order valence-corrected chi connectivity index (χ1v) is 10.4. The van der Waals surface area contributed by atoms with Crippen LogP contribution in [-0.4, -0.2) is 64.4 Å². The maximum Gasteiger partial charge on any atom is 0.490 e. The number of halogens is 3. The number of hydrogen-bond donors (Lipinski definition) is 2. The molecule has 3 fully saturated rings. The molecule has 4 rings (SSSR count). The molecule has 7 nitrogen and oxygen atoms in total. The molecule has 1 aromatic rings. The normalized spacial score (nSPS) is 27.0. The van der Waals surface area contributed by atoms with Gasteiger partial charge in [0.2, 0.25) is 5.91 Å². The number of carbonyl (C=O) groups is 2. The number of aryl methyl sites for hydroxylation is 1. The van der Waals surface area contributed by atoms with Crippen LogP contribution in [0.2, 0.25) is 0 Å². The third-order valence-corrected chi connectivity index (χ3v) is 6.23. The van der Waals surface area contributed by atoms with Gasteiger partial charge in [0.1, 0.15) is 6.10 Å². The van der Waals surface area contributed by atoms with Crippen molar-refractivity contribution in [3.63, 3.8) is 0 Å². The lowest BCUT2D eigenvalue weighted by molar-refractivity contribution is -0.192. The van der Waals surface area contributed by atoms with E-state index >= 15 is 0 Å². The number of carboxylic acid groups (broad SMARTS) is 1. The summed E-state index contributed by atoms with van der Waals surface area (Å²) in [5, 5.41) is 10.2. The van der Waals surface area contributed by atoms with Gasteiger partial charge in [0.25, 0.3) is 0 Å². The summed E-state index contributed by atoms with van der Waals surface area (Å²) in [6.45, 7) is 5.07. The van der Waals surface area contributed by atoms with Crippen molar-refractivity contribution < 1.29 is 32.6 Å². The van der Waals surface area contributed by atoms with Crippen LogP contribution in [0.25, 0.3) is 0 Å². The fourth-order valence-corrected chi connectivity index (χ4v) is 4.33. The van der Waals surface area contributed by atoms with E-state index in [-0.39, 0.29) is 18.1 Å². The molecule has 29 heavy (non-hydrogen) atoms. The third-order valence-electron chi connectivity index (χ3n) is 5.31. The Balaban J connectivity index is 0.000000298. The predicted octanol–water partition coefficient (Wildman–Crippen LogP) is 2.34. The van der Waals surface area contributed by atoms with E-state index in [1.807, 2.05) is 5.51 Å². The summed E-state index contributed by atoms with van der Waals surface area (Å²) < 4.78 is 37.8. The quantitative estimate of drug-likeness (QED) is 0.755. The van der Waals surface area contributed by atoms with Crippen molar-refractivity contribution in [1.29, 1.82) is 0 Å². The second-order valence-corrected chi connectivity index (χ2v) is 8.57. The summed E-state index contributed by atoms with van der Waals surface area (Å²) in [6, 6.07) is 0.421. The number of piperidine rings is 1. The Kier molecular flexibility index (Phi) is 6.79. The number of nitrogens with one attached hydrogen (secondary N) is 1. The van der Waals surface area contributed by atoms with Crippen molar-refractivity contribution in [3.05, 3.63) is 16.1 Å². The van der Waals surface area contributed by atoms with E-state index in [4.69, 9.17) is 14.6 Å². The van der Waals surface area contributed by atoms with Crippen molar-refractivity contribution in [2.45, 2.75) is 63.6 Å². The number of likely N-dealkylation sites (tertiary alicyclic amines) is 1. The van der Waals surface area contributed by atoms with Crippen LogP contribution in [0.3, 0.4) is 0 Å². The highest BCUT2D eigenvalue weighted by Crippen LogP contribution is 2.34. The minimum absolute atomic E-state index is 0.113. The Labute approximate surface area is 170 Å². The van der Waals surface area contributed by atoms with Crippen LogP contribution in [0.1, 0.15) is 36.3 Å². The van der Waals surface area contributed by atoms with Crippen LogP contribution in [0, 0.1) is 12.8 Å². The van der Waals surface area contributed by atoms with Crippen LogP contribution >= 0.6 is 11.3 Å². The van der Waals surface area contributed by atoms with Crippen molar-refractivity contribution in [2.24, 2.45) is 5.92 Å². The van der Waals surface area contributed by atoms with Gasteiger partial charge < -0.3 is 15.2 Å². The molecule has 0 spiro atoms. The molecule has 162 valence electrons. The lowest BCUT2D eigenvalue weighted by Crippen LogP contribution is -2.42. The van der Waals surface area contributed by atoms with Gasteiger partial charge in [0.05, 0.1) is 17.3 Å². The fraction of sp³-hybridized carbons (Fsp3) is 0.722. The molecular weight excluding hydrogens is 411 g/mol. The number of carbonyl (C=O) groups excluding carboxylic acids is 1. The number of carboxylic acids is 1. The molecule has 1 saturated carbocycles.